The zero-order valence-electron chi connectivity index (χ0n) is 14.1. The van der Waals surface area contributed by atoms with Crippen molar-refractivity contribution in [3.8, 4) is 0 Å². The minimum atomic E-state index is -3.25. The van der Waals surface area contributed by atoms with E-state index in [4.69, 9.17) is 4.74 Å². The minimum Gasteiger partial charge on any atom is -0.384 e. The molecule has 1 aliphatic heterocycles. The van der Waals surface area contributed by atoms with E-state index in [0.29, 0.717) is 32.0 Å². The summed E-state index contributed by atoms with van der Waals surface area (Å²) in [6.07, 6.45) is 8.32. The second kappa shape index (κ2) is 8.99. The van der Waals surface area contributed by atoms with Gasteiger partial charge in [-0.25, -0.2) is 12.7 Å². The van der Waals surface area contributed by atoms with Crippen LogP contribution in [0.1, 0.15) is 51.4 Å². The molecule has 2 rings (SSSR count). The Balaban J connectivity index is 1.78. The number of ether oxygens (including phenoxy) is 1. The fraction of sp³-hybridized carbons (Fsp3) is 0.938. The molecule has 0 bridgehead atoms. The van der Waals surface area contributed by atoms with E-state index < -0.39 is 10.0 Å². The summed E-state index contributed by atoms with van der Waals surface area (Å²) in [6.45, 7) is 1.09. The van der Waals surface area contributed by atoms with E-state index in [1.165, 1.54) is 37.1 Å². The Morgan fingerprint density at radius 2 is 1.70 bits per heavy atom. The third-order valence-electron chi connectivity index (χ3n) is 4.97. The second-order valence-electron chi connectivity index (χ2n) is 6.68. The first-order valence-electron chi connectivity index (χ1n) is 8.80. The lowest BCUT2D eigenvalue weighted by Crippen LogP contribution is -2.46. The van der Waals surface area contributed by atoms with Gasteiger partial charge in [0.25, 0.3) is 0 Å². The van der Waals surface area contributed by atoms with Crippen molar-refractivity contribution in [3.63, 3.8) is 0 Å². The lowest BCUT2D eigenvalue weighted by atomic mass is 9.96. The maximum atomic E-state index is 12.4. The summed E-state index contributed by atoms with van der Waals surface area (Å²) in [7, 11) is -1.75. The lowest BCUT2D eigenvalue weighted by molar-refractivity contribution is -0.126. The van der Waals surface area contributed by atoms with E-state index >= 15 is 0 Å². The highest BCUT2D eigenvalue weighted by Crippen LogP contribution is 2.22. The molecule has 6 nitrogen and oxygen atoms in total. The number of hydrogen-bond acceptors (Lipinski definition) is 4. The Kier molecular flexibility index (Phi) is 7.30. The molecule has 1 saturated heterocycles. The van der Waals surface area contributed by atoms with Gasteiger partial charge in [-0.1, -0.05) is 25.7 Å². The van der Waals surface area contributed by atoms with Crippen LogP contribution in [0.25, 0.3) is 0 Å². The van der Waals surface area contributed by atoms with Crippen LogP contribution in [0.2, 0.25) is 0 Å². The number of nitrogens with zero attached hydrogens (tertiary/aromatic N) is 1. The van der Waals surface area contributed by atoms with Crippen molar-refractivity contribution in [2.45, 2.75) is 57.4 Å². The van der Waals surface area contributed by atoms with Crippen molar-refractivity contribution in [2.24, 2.45) is 5.92 Å². The number of piperidine rings is 1. The van der Waals surface area contributed by atoms with Crippen LogP contribution in [-0.2, 0) is 19.6 Å². The summed E-state index contributed by atoms with van der Waals surface area (Å²) in [6, 6.07) is 0.313. The van der Waals surface area contributed by atoms with Crippen LogP contribution in [-0.4, -0.2) is 57.2 Å². The highest BCUT2D eigenvalue weighted by molar-refractivity contribution is 7.89. The quantitative estimate of drug-likeness (QED) is 0.740. The highest BCUT2D eigenvalue weighted by atomic mass is 32.2. The molecule has 1 amide bonds. The van der Waals surface area contributed by atoms with Crippen molar-refractivity contribution >= 4 is 15.9 Å². The molecule has 23 heavy (non-hydrogen) atoms. The Morgan fingerprint density at radius 3 is 2.26 bits per heavy atom. The molecule has 0 aromatic rings. The first-order chi connectivity index (χ1) is 11.0. The predicted octanol–water partition coefficient (Wildman–Crippen LogP) is 1.51. The summed E-state index contributed by atoms with van der Waals surface area (Å²) in [5.74, 6) is 0.0839. The van der Waals surface area contributed by atoms with Gasteiger partial charge in [-0.05, 0) is 25.7 Å². The Hall–Kier alpha value is -0.660. The maximum Gasteiger partial charge on any atom is 0.223 e. The molecule has 0 aromatic carbocycles. The molecule has 0 aromatic heterocycles. The Labute approximate surface area is 140 Å². The third-order valence-corrected chi connectivity index (χ3v) is 6.80. The van der Waals surface area contributed by atoms with Crippen LogP contribution >= 0.6 is 0 Å². The van der Waals surface area contributed by atoms with E-state index in [-0.39, 0.29) is 24.2 Å². The largest absolute Gasteiger partial charge is 0.384 e. The summed E-state index contributed by atoms with van der Waals surface area (Å²) in [5, 5.41) is 3.19. The van der Waals surface area contributed by atoms with Gasteiger partial charge in [0.2, 0.25) is 15.9 Å². The SMILES string of the molecule is COCCS(=O)(=O)N1CCC(C(=O)NC2CCCCCC2)CC1. The Morgan fingerprint density at radius 1 is 1.09 bits per heavy atom. The number of sulfonamides is 1. The van der Waals surface area contributed by atoms with Crippen molar-refractivity contribution in [1.29, 1.82) is 0 Å². The zero-order chi connectivity index (χ0) is 16.7. The molecular weight excluding hydrogens is 316 g/mol. The first-order valence-corrected chi connectivity index (χ1v) is 10.4. The molecule has 7 heteroatoms. The first kappa shape index (κ1) is 18.7. The van der Waals surface area contributed by atoms with Gasteiger partial charge in [0.1, 0.15) is 0 Å². The monoisotopic (exact) mass is 346 g/mol. The van der Waals surface area contributed by atoms with E-state index in [9.17, 15) is 13.2 Å². The van der Waals surface area contributed by atoms with Gasteiger partial charge in [0.05, 0.1) is 12.4 Å². The molecule has 2 aliphatic rings. The average Bonchev–Trinajstić information content (AvgIpc) is 2.82. The maximum absolute atomic E-state index is 12.4. The number of amides is 1. The molecule has 1 heterocycles. The summed E-state index contributed by atoms with van der Waals surface area (Å²) in [4.78, 5) is 12.4. The molecule has 1 aliphatic carbocycles. The second-order valence-corrected chi connectivity index (χ2v) is 8.77. The number of hydrogen-bond donors (Lipinski definition) is 1. The smallest absolute Gasteiger partial charge is 0.223 e. The average molecular weight is 346 g/mol. The van der Waals surface area contributed by atoms with Gasteiger partial charge in [0.15, 0.2) is 0 Å². The number of carbonyl (C=O) groups excluding carboxylic acids is 1. The fourth-order valence-corrected chi connectivity index (χ4v) is 4.86. The lowest BCUT2D eigenvalue weighted by Gasteiger charge is -2.31. The predicted molar refractivity (Wildman–Crippen MR) is 89.6 cm³/mol. The molecule has 134 valence electrons. The standard InChI is InChI=1S/C16H30N2O4S/c1-22-12-13-23(20,21)18-10-8-14(9-11-18)16(19)17-15-6-4-2-3-5-7-15/h14-15H,2-13H2,1H3,(H,17,19). The number of methoxy groups -OCH3 is 1. The van der Waals surface area contributed by atoms with Crippen molar-refractivity contribution in [2.75, 3.05) is 32.6 Å². The van der Waals surface area contributed by atoms with Crippen LogP contribution in [0.4, 0.5) is 0 Å². The van der Waals surface area contributed by atoms with Crippen LogP contribution in [0, 0.1) is 5.92 Å². The van der Waals surface area contributed by atoms with Crippen molar-refractivity contribution in [1.82, 2.24) is 9.62 Å². The summed E-state index contributed by atoms with van der Waals surface area (Å²) in [5.41, 5.74) is 0. The van der Waals surface area contributed by atoms with E-state index in [0.717, 1.165) is 12.8 Å². The van der Waals surface area contributed by atoms with Gasteiger partial charge in [-0.2, -0.15) is 0 Å². The summed E-state index contributed by atoms with van der Waals surface area (Å²) >= 11 is 0. The molecule has 1 N–H and O–H groups in total. The fourth-order valence-electron chi connectivity index (χ4n) is 3.46. The van der Waals surface area contributed by atoms with Gasteiger partial charge in [0, 0.05) is 32.2 Å². The van der Waals surface area contributed by atoms with Gasteiger partial charge >= 0.3 is 0 Å². The molecule has 0 radical (unpaired) electrons. The van der Waals surface area contributed by atoms with Crippen LogP contribution in [0.5, 0.6) is 0 Å². The van der Waals surface area contributed by atoms with Crippen LogP contribution in [0.15, 0.2) is 0 Å². The number of rotatable bonds is 6. The molecule has 0 unspecified atom stereocenters. The van der Waals surface area contributed by atoms with Crippen LogP contribution < -0.4 is 5.32 Å². The van der Waals surface area contributed by atoms with Gasteiger partial charge < -0.3 is 10.1 Å². The van der Waals surface area contributed by atoms with E-state index in [1.807, 2.05) is 0 Å². The molecule has 2 fully saturated rings. The van der Waals surface area contributed by atoms with E-state index in [2.05, 4.69) is 5.32 Å². The molecule has 0 spiro atoms. The normalized spacial score (nSPS) is 22.7. The molecule has 1 saturated carbocycles. The van der Waals surface area contributed by atoms with Crippen molar-refractivity contribution in [3.05, 3.63) is 0 Å². The minimum absolute atomic E-state index is 0.0163. The van der Waals surface area contributed by atoms with Crippen molar-refractivity contribution < 1.29 is 17.9 Å². The molecule has 0 atom stereocenters. The zero-order valence-corrected chi connectivity index (χ0v) is 14.9. The number of nitrogens with one attached hydrogen (secondary N) is 1. The highest BCUT2D eigenvalue weighted by Gasteiger charge is 2.31. The topological polar surface area (TPSA) is 75.7 Å². The van der Waals surface area contributed by atoms with E-state index in [1.54, 1.807) is 0 Å². The van der Waals surface area contributed by atoms with Crippen LogP contribution in [0.3, 0.4) is 0 Å². The van der Waals surface area contributed by atoms with Gasteiger partial charge in [-0.15, -0.1) is 0 Å². The summed E-state index contributed by atoms with van der Waals surface area (Å²) < 4.78 is 30.6. The Bertz CT molecular complexity index is 464. The number of carbonyl (C=O) groups is 1. The third kappa shape index (κ3) is 5.72. The molecular formula is C16H30N2O4S. The van der Waals surface area contributed by atoms with Gasteiger partial charge in [-0.3, -0.25) is 4.79 Å².